The Morgan fingerprint density at radius 2 is 1.80 bits per heavy atom. The highest BCUT2D eigenvalue weighted by Crippen LogP contribution is 2.30. The molecule has 0 saturated heterocycles. The van der Waals surface area contributed by atoms with E-state index in [4.69, 9.17) is 10.5 Å². The van der Waals surface area contributed by atoms with Gasteiger partial charge in [-0.3, -0.25) is 4.79 Å². The first-order valence-electron chi connectivity index (χ1n) is 9.74. The smallest absolute Gasteiger partial charge is 0.248 e. The van der Waals surface area contributed by atoms with Crippen LogP contribution >= 0.6 is 12.4 Å². The van der Waals surface area contributed by atoms with Gasteiger partial charge < -0.3 is 15.4 Å². The van der Waals surface area contributed by atoms with Crippen LogP contribution in [0.1, 0.15) is 22.7 Å². The Labute approximate surface area is 181 Å². The van der Waals surface area contributed by atoms with E-state index in [1.54, 1.807) is 17.0 Å². The van der Waals surface area contributed by atoms with Gasteiger partial charge in [0.2, 0.25) is 5.91 Å². The van der Waals surface area contributed by atoms with E-state index in [1.807, 2.05) is 48.5 Å². The lowest BCUT2D eigenvalue weighted by Gasteiger charge is -2.26. The summed E-state index contributed by atoms with van der Waals surface area (Å²) in [5.74, 6) is 0.427. The molecule has 156 valence electrons. The topological polar surface area (TPSA) is 55.6 Å². The van der Waals surface area contributed by atoms with Gasteiger partial charge in [-0.2, -0.15) is 0 Å². The third kappa shape index (κ3) is 4.81. The summed E-state index contributed by atoms with van der Waals surface area (Å²) >= 11 is 0. The molecule has 1 heterocycles. The molecule has 0 bridgehead atoms. The number of halogens is 2. The van der Waals surface area contributed by atoms with Gasteiger partial charge >= 0.3 is 0 Å². The fraction of sp³-hybridized carbons (Fsp3) is 0.208. The van der Waals surface area contributed by atoms with Crippen LogP contribution in [0.5, 0.6) is 5.75 Å². The second-order valence-electron chi connectivity index (χ2n) is 7.15. The van der Waals surface area contributed by atoms with Gasteiger partial charge in [0.1, 0.15) is 17.6 Å². The maximum absolute atomic E-state index is 13.3. The number of benzene rings is 3. The first kappa shape index (κ1) is 21.8. The lowest BCUT2D eigenvalue weighted by molar-refractivity contribution is -0.120. The van der Waals surface area contributed by atoms with Crippen molar-refractivity contribution in [1.29, 1.82) is 0 Å². The Kier molecular flexibility index (Phi) is 7.08. The molecule has 0 radical (unpaired) electrons. The summed E-state index contributed by atoms with van der Waals surface area (Å²) in [7, 11) is 0. The molecule has 6 heteroatoms. The Bertz CT molecular complexity index is 996. The van der Waals surface area contributed by atoms with Crippen LogP contribution in [0.3, 0.4) is 0 Å². The number of nitrogens with two attached hydrogens (primary N) is 1. The van der Waals surface area contributed by atoms with E-state index >= 15 is 0 Å². The zero-order valence-corrected chi connectivity index (χ0v) is 17.3. The summed E-state index contributed by atoms with van der Waals surface area (Å²) in [5.41, 5.74) is 9.94. The standard InChI is InChI=1S/C24H23FN2O2.ClH/c25-20-8-6-17(7-9-20)12-14-27(21-10-11-22-19(16-21)13-15-29-22)24(28)23(26)18-4-2-1-3-5-18;/h1-11,16,23H,12-15,26H2;1H/t23-;/m0./s1. The van der Waals surface area contributed by atoms with Crippen molar-refractivity contribution in [3.8, 4) is 5.75 Å². The molecule has 3 aromatic carbocycles. The molecule has 4 nitrogen and oxygen atoms in total. The van der Waals surface area contributed by atoms with Gasteiger partial charge in [0.15, 0.2) is 0 Å². The summed E-state index contributed by atoms with van der Waals surface area (Å²) in [6, 6.07) is 20.8. The second-order valence-corrected chi connectivity index (χ2v) is 7.15. The number of fused-ring (bicyclic) bond motifs is 1. The first-order chi connectivity index (χ1) is 14.1. The van der Waals surface area contributed by atoms with Gasteiger partial charge in [-0.05, 0) is 53.4 Å². The van der Waals surface area contributed by atoms with Gasteiger partial charge in [-0.25, -0.2) is 4.39 Å². The Morgan fingerprint density at radius 1 is 1.07 bits per heavy atom. The molecule has 1 aliphatic rings. The summed E-state index contributed by atoms with van der Waals surface area (Å²) < 4.78 is 18.8. The third-order valence-corrected chi connectivity index (χ3v) is 5.21. The SMILES string of the molecule is Cl.N[C@H](C(=O)N(CCc1ccc(F)cc1)c1ccc2c(c1)CCO2)c1ccccc1. The number of anilines is 1. The summed E-state index contributed by atoms with van der Waals surface area (Å²) in [4.78, 5) is 15.1. The maximum atomic E-state index is 13.3. The molecule has 0 saturated carbocycles. The van der Waals surface area contributed by atoms with Gasteiger partial charge in [0.25, 0.3) is 0 Å². The van der Waals surface area contributed by atoms with E-state index in [9.17, 15) is 9.18 Å². The first-order valence-corrected chi connectivity index (χ1v) is 9.74. The molecule has 1 atom stereocenters. The molecule has 30 heavy (non-hydrogen) atoms. The Morgan fingerprint density at radius 3 is 2.53 bits per heavy atom. The van der Waals surface area contributed by atoms with Crippen LogP contribution in [0.15, 0.2) is 72.8 Å². The summed E-state index contributed by atoms with van der Waals surface area (Å²) in [5, 5.41) is 0. The van der Waals surface area contributed by atoms with E-state index in [1.165, 1.54) is 12.1 Å². The minimum absolute atomic E-state index is 0. The highest BCUT2D eigenvalue weighted by molar-refractivity contribution is 5.97. The van der Waals surface area contributed by atoms with Crippen LogP contribution in [-0.4, -0.2) is 19.1 Å². The number of hydrogen-bond donors (Lipinski definition) is 1. The molecule has 0 spiro atoms. The third-order valence-electron chi connectivity index (χ3n) is 5.21. The maximum Gasteiger partial charge on any atom is 0.248 e. The Hall–Kier alpha value is -2.89. The number of rotatable bonds is 6. The van der Waals surface area contributed by atoms with Gasteiger partial charge in [-0.15, -0.1) is 12.4 Å². The molecule has 4 rings (SSSR count). The normalized spacial score (nSPS) is 13.0. The number of carbonyl (C=O) groups is 1. The molecule has 1 amide bonds. The molecule has 0 aromatic heterocycles. The zero-order chi connectivity index (χ0) is 20.2. The van der Waals surface area contributed by atoms with Crippen molar-refractivity contribution in [1.82, 2.24) is 0 Å². The van der Waals surface area contributed by atoms with Crippen LogP contribution in [0.4, 0.5) is 10.1 Å². The predicted molar refractivity (Wildman–Crippen MR) is 119 cm³/mol. The van der Waals surface area contributed by atoms with Crippen molar-refractivity contribution in [2.75, 3.05) is 18.1 Å². The van der Waals surface area contributed by atoms with Crippen molar-refractivity contribution >= 4 is 24.0 Å². The molecular formula is C24H24ClFN2O2. The van der Waals surface area contributed by atoms with E-state index in [-0.39, 0.29) is 24.1 Å². The highest BCUT2D eigenvalue weighted by atomic mass is 35.5. The molecule has 2 N–H and O–H groups in total. The van der Waals surface area contributed by atoms with Crippen molar-refractivity contribution in [3.63, 3.8) is 0 Å². The van der Waals surface area contributed by atoms with Crippen LogP contribution in [0.2, 0.25) is 0 Å². The van der Waals surface area contributed by atoms with Gasteiger partial charge in [0.05, 0.1) is 6.61 Å². The van der Waals surface area contributed by atoms with Crippen LogP contribution < -0.4 is 15.4 Å². The molecule has 0 aliphatic carbocycles. The number of carbonyl (C=O) groups excluding carboxylic acids is 1. The Balaban J connectivity index is 0.00000256. The summed E-state index contributed by atoms with van der Waals surface area (Å²) in [6.45, 7) is 1.11. The van der Waals surface area contributed by atoms with E-state index in [0.717, 1.165) is 34.5 Å². The number of ether oxygens (including phenoxy) is 1. The molecular weight excluding hydrogens is 403 g/mol. The highest BCUT2D eigenvalue weighted by Gasteiger charge is 2.25. The van der Waals surface area contributed by atoms with Crippen molar-refractivity contribution in [2.24, 2.45) is 5.73 Å². The quantitative estimate of drug-likeness (QED) is 0.633. The van der Waals surface area contributed by atoms with Gasteiger partial charge in [-0.1, -0.05) is 42.5 Å². The van der Waals surface area contributed by atoms with Crippen molar-refractivity contribution in [3.05, 3.63) is 95.3 Å². The lowest BCUT2D eigenvalue weighted by atomic mass is 10.0. The average Bonchev–Trinajstić information content (AvgIpc) is 3.23. The molecule has 3 aromatic rings. The molecule has 0 unspecified atom stereocenters. The van der Waals surface area contributed by atoms with E-state index in [0.29, 0.717) is 19.6 Å². The van der Waals surface area contributed by atoms with E-state index in [2.05, 4.69) is 0 Å². The minimum Gasteiger partial charge on any atom is -0.493 e. The van der Waals surface area contributed by atoms with Crippen molar-refractivity contribution in [2.45, 2.75) is 18.9 Å². The number of amides is 1. The van der Waals surface area contributed by atoms with Gasteiger partial charge in [0, 0.05) is 18.7 Å². The largest absolute Gasteiger partial charge is 0.493 e. The monoisotopic (exact) mass is 426 g/mol. The minimum atomic E-state index is -0.756. The van der Waals surface area contributed by atoms with E-state index < -0.39 is 6.04 Å². The van der Waals surface area contributed by atoms with Crippen LogP contribution in [0.25, 0.3) is 0 Å². The second kappa shape index (κ2) is 9.74. The zero-order valence-electron chi connectivity index (χ0n) is 16.5. The van der Waals surface area contributed by atoms with Crippen LogP contribution in [0, 0.1) is 5.82 Å². The molecule has 1 aliphatic heterocycles. The number of nitrogens with zero attached hydrogens (tertiary/aromatic N) is 1. The fourth-order valence-corrected chi connectivity index (χ4v) is 3.57. The predicted octanol–water partition coefficient (Wildman–Crippen LogP) is 4.46. The fourth-order valence-electron chi connectivity index (χ4n) is 3.57. The average molecular weight is 427 g/mol. The number of hydrogen-bond acceptors (Lipinski definition) is 3. The summed E-state index contributed by atoms with van der Waals surface area (Å²) in [6.07, 6.45) is 1.43. The van der Waals surface area contributed by atoms with Crippen molar-refractivity contribution < 1.29 is 13.9 Å². The lowest BCUT2D eigenvalue weighted by Crippen LogP contribution is -2.40. The molecule has 0 fully saturated rings. The van der Waals surface area contributed by atoms with Crippen LogP contribution in [-0.2, 0) is 17.6 Å².